The van der Waals surface area contributed by atoms with Crippen LogP contribution in [0.25, 0.3) is 10.9 Å². The van der Waals surface area contributed by atoms with Gasteiger partial charge in [0.25, 0.3) is 16.5 Å². The molecule has 2 aromatic carbocycles. The largest absolute Gasteiger partial charge is 0.490 e. The molecule has 1 saturated heterocycles. The second-order valence-electron chi connectivity index (χ2n) is 8.06. The fourth-order valence-electron chi connectivity index (χ4n) is 4.28. The highest BCUT2D eigenvalue weighted by molar-refractivity contribution is 7.90. The first-order valence-corrected chi connectivity index (χ1v) is 12.2. The van der Waals surface area contributed by atoms with E-state index in [4.69, 9.17) is 14.6 Å². The highest BCUT2D eigenvalue weighted by Gasteiger charge is 2.24. The summed E-state index contributed by atoms with van der Waals surface area (Å²) in [7, 11) is -1.77. The molecule has 2 aliphatic rings. The van der Waals surface area contributed by atoms with Gasteiger partial charge in [0.15, 0.2) is 0 Å². The Labute approximate surface area is 193 Å². The molecule has 3 aromatic rings. The Hall–Kier alpha value is -3.24. The average molecular weight is 473 g/mol. The zero-order chi connectivity index (χ0) is 23.6. The first kappa shape index (κ1) is 22.9. The lowest BCUT2D eigenvalue weighted by Gasteiger charge is -2.29. The number of aromatic nitrogens is 1. The molecule has 0 aliphatic carbocycles. The summed E-state index contributed by atoms with van der Waals surface area (Å²) < 4.78 is 34.3. The molecule has 0 atom stereocenters. The Balaban J connectivity index is 0.000000821. The van der Waals surface area contributed by atoms with E-state index in [-0.39, 0.29) is 11.4 Å². The number of anilines is 2. The molecule has 0 unspecified atom stereocenters. The van der Waals surface area contributed by atoms with Gasteiger partial charge in [0.1, 0.15) is 12.4 Å². The van der Waals surface area contributed by atoms with Crippen LogP contribution < -0.4 is 19.9 Å². The monoisotopic (exact) mass is 472 g/mol. The number of nitrogens with one attached hydrogen (secondary N) is 1. The number of ether oxygens (including phenoxy) is 1. The van der Waals surface area contributed by atoms with Gasteiger partial charge in [-0.25, -0.2) is 12.4 Å². The predicted molar refractivity (Wildman–Crippen MR) is 128 cm³/mol. The van der Waals surface area contributed by atoms with Crippen molar-refractivity contribution in [2.24, 2.45) is 0 Å². The summed E-state index contributed by atoms with van der Waals surface area (Å²) in [6.45, 7) is 6.72. The third-order valence-corrected chi connectivity index (χ3v) is 7.69. The Bertz CT molecular complexity index is 1270. The predicted octanol–water partition coefficient (Wildman–Crippen LogP) is 2.13. The standard InChI is InChI=1S/C22H26N4O3S.CH2O2/c1-16-15-26(21-13-17(3-5-19(16)21)25-9-7-23-8-10-25)30(27,28)18-4-6-20-22(14-18)29-12-11-24(20)2;2-1-3/h3-6,13-15,23H,7-12H2,1-2H3;1H,(H,2,3). The van der Waals surface area contributed by atoms with E-state index in [1.54, 1.807) is 18.3 Å². The summed E-state index contributed by atoms with van der Waals surface area (Å²) in [4.78, 5) is 13.0. The van der Waals surface area contributed by atoms with Gasteiger partial charge in [-0.3, -0.25) is 4.79 Å². The lowest BCUT2D eigenvalue weighted by molar-refractivity contribution is -0.122. The molecule has 0 radical (unpaired) electrons. The van der Waals surface area contributed by atoms with Gasteiger partial charge in [-0.2, -0.15) is 0 Å². The Kier molecular flexibility index (Phi) is 6.48. The summed E-state index contributed by atoms with van der Waals surface area (Å²) in [5, 5.41) is 11.2. The number of rotatable bonds is 3. The van der Waals surface area contributed by atoms with Crippen LogP contribution in [0.5, 0.6) is 5.75 Å². The van der Waals surface area contributed by atoms with Crippen LogP contribution in [0.3, 0.4) is 0 Å². The molecule has 1 fully saturated rings. The van der Waals surface area contributed by atoms with Gasteiger partial charge in [-0.15, -0.1) is 0 Å². The minimum absolute atomic E-state index is 0.237. The number of aryl methyl sites for hydroxylation is 1. The van der Waals surface area contributed by atoms with Crippen molar-refractivity contribution in [3.05, 3.63) is 48.2 Å². The number of benzene rings is 2. The van der Waals surface area contributed by atoms with E-state index < -0.39 is 10.0 Å². The Morgan fingerprint density at radius 2 is 1.82 bits per heavy atom. The smallest absolute Gasteiger partial charge is 0.290 e. The number of hydrogen-bond donors (Lipinski definition) is 2. The number of piperazine rings is 1. The van der Waals surface area contributed by atoms with Crippen LogP contribution in [0, 0.1) is 6.92 Å². The van der Waals surface area contributed by atoms with Crippen LogP contribution in [0.4, 0.5) is 11.4 Å². The molecule has 0 amide bonds. The van der Waals surface area contributed by atoms with Gasteiger partial charge in [-0.05, 0) is 36.8 Å². The maximum atomic E-state index is 13.6. The molecule has 176 valence electrons. The Morgan fingerprint density at radius 1 is 1.09 bits per heavy atom. The van der Waals surface area contributed by atoms with Crippen molar-refractivity contribution in [1.82, 2.24) is 9.29 Å². The molecular weight excluding hydrogens is 444 g/mol. The van der Waals surface area contributed by atoms with Crippen molar-refractivity contribution in [3.63, 3.8) is 0 Å². The van der Waals surface area contributed by atoms with Crippen molar-refractivity contribution in [3.8, 4) is 5.75 Å². The fraction of sp³-hybridized carbons (Fsp3) is 0.348. The van der Waals surface area contributed by atoms with Gasteiger partial charge in [0.2, 0.25) is 0 Å². The van der Waals surface area contributed by atoms with Gasteiger partial charge in [-0.1, -0.05) is 6.07 Å². The number of nitrogens with zero attached hydrogens (tertiary/aromatic N) is 3. The summed E-state index contributed by atoms with van der Waals surface area (Å²) in [6, 6.07) is 11.2. The highest BCUT2D eigenvalue weighted by Crippen LogP contribution is 2.35. The second-order valence-corrected chi connectivity index (χ2v) is 9.87. The molecule has 0 bridgehead atoms. The third kappa shape index (κ3) is 4.36. The third-order valence-electron chi connectivity index (χ3n) is 6.02. The molecule has 2 aliphatic heterocycles. The maximum absolute atomic E-state index is 13.6. The number of likely N-dealkylation sites (N-methyl/N-ethyl adjacent to an activating group) is 1. The zero-order valence-corrected chi connectivity index (χ0v) is 19.5. The second kappa shape index (κ2) is 9.32. The van der Waals surface area contributed by atoms with Crippen LogP contribution in [-0.2, 0) is 14.8 Å². The number of carboxylic acid groups (broad SMARTS) is 1. The Morgan fingerprint density at radius 3 is 2.55 bits per heavy atom. The van der Waals surface area contributed by atoms with E-state index >= 15 is 0 Å². The molecular formula is C23H28N4O5S. The molecule has 9 nitrogen and oxygen atoms in total. The van der Waals surface area contributed by atoms with Crippen molar-refractivity contribution >= 4 is 38.8 Å². The first-order chi connectivity index (χ1) is 15.9. The van der Waals surface area contributed by atoms with Gasteiger partial charge < -0.3 is 25.0 Å². The van der Waals surface area contributed by atoms with Gasteiger partial charge in [0, 0.05) is 56.6 Å². The van der Waals surface area contributed by atoms with Crippen LogP contribution >= 0.6 is 0 Å². The molecule has 1 aromatic heterocycles. The van der Waals surface area contributed by atoms with E-state index in [0.717, 1.165) is 55.0 Å². The SMILES string of the molecule is Cc1cn(S(=O)(=O)c2ccc3c(c2)OCCN3C)c2cc(N3CCNCC3)ccc12.O=CO. The summed E-state index contributed by atoms with van der Waals surface area (Å²) in [6.07, 6.45) is 1.72. The molecule has 0 saturated carbocycles. The van der Waals surface area contributed by atoms with E-state index in [9.17, 15) is 8.42 Å². The average Bonchev–Trinajstić information content (AvgIpc) is 3.17. The van der Waals surface area contributed by atoms with Gasteiger partial charge in [0.05, 0.1) is 22.6 Å². The molecule has 3 heterocycles. The lowest BCUT2D eigenvalue weighted by Crippen LogP contribution is -2.43. The number of carbonyl (C=O) groups is 1. The van der Waals surface area contributed by atoms with Crippen molar-refractivity contribution in [2.45, 2.75) is 11.8 Å². The van der Waals surface area contributed by atoms with Crippen molar-refractivity contribution < 1.29 is 23.1 Å². The highest BCUT2D eigenvalue weighted by atomic mass is 32.2. The molecule has 10 heteroatoms. The van der Waals surface area contributed by atoms with Crippen LogP contribution in [-0.4, -0.2) is 70.3 Å². The summed E-state index contributed by atoms with van der Waals surface area (Å²) >= 11 is 0. The van der Waals surface area contributed by atoms with Crippen LogP contribution in [0.15, 0.2) is 47.5 Å². The summed E-state index contributed by atoms with van der Waals surface area (Å²) in [5.74, 6) is 0.611. The van der Waals surface area contributed by atoms with Crippen molar-refractivity contribution in [2.75, 3.05) is 56.2 Å². The minimum Gasteiger partial charge on any atom is -0.490 e. The topological polar surface area (TPSA) is 104 Å². The number of fused-ring (bicyclic) bond motifs is 2. The van der Waals surface area contributed by atoms with Crippen LogP contribution in [0.1, 0.15) is 5.56 Å². The van der Waals surface area contributed by atoms with Crippen LogP contribution in [0.2, 0.25) is 0 Å². The first-order valence-electron chi connectivity index (χ1n) is 10.8. The van der Waals surface area contributed by atoms with Crippen molar-refractivity contribution in [1.29, 1.82) is 0 Å². The summed E-state index contributed by atoms with van der Waals surface area (Å²) in [5.41, 5.74) is 3.61. The molecule has 0 spiro atoms. The lowest BCUT2D eigenvalue weighted by atomic mass is 10.1. The van der Waals surface area contributed by atoms with E-state index in [2.05, 4.69) is 21.2 Å². The number of hydrogen-bond acceptors (Lipinski definition) is 7. The normalized spacial score (nSPS) is 15.9. The quantitative estimate of drug-likeness (QED) is 0.559. The molecule has 33 heavy (non-hydrogen) atoms. The maximum Gasteiger partial charge on any atom is 0.290 e. The molecule has 5 rings (SSSR count). The van der Waals surface area contributed by atoms with E-state index in [1.807, 2.05) is 32.2 Å². The fourth-order valence-corrected chi connectivity index (χ4v) is 5.71. The van der Waals surface area contributed by atoms with Gasteiger partial charge >= 0.3 is 0 Å². The minimum atomic E-state index is -3.76. The molecule has 2 N–H and O–H groups in total. The van der Waals surface area contributed by atoms with E-state index in [0.29, 0.717) is 17.9 Å². The van der Waals surface area contributed by atoms with E-state index in [1.165, 1.54) is 3.97 Å². The zero-order valence-electron chi connectivity index (χ0n) is 18.7.